The van der Waals surface area contributed by atoms with Gasteiger partial charge in [0.15, 0.2) is 0 Å². The monoisotopic (exact) mass is 355 g/mol. The molecule has 0 unspecified atom stereocenters. The Balaban J connectivity index is 1.94. The van der Waals surface area contributed by atoms with Gasteiger partial charge in [0.25, 0.3) is 0 Å². The Hall–Kier alpha value is -2.63. The van der Waals surface area contributed by atoms with E-state index < -0.39 is 0 Å². The molecule has 0 saturated carbocycles. The third-order valence-corrected chi connectivity index (χ3v) is 5.07. The zero-order valence-electron chi connectivity index (χ0n) is 15.6. The molecule has 26 heavy (non-hydrogen) atoms. The van der Waals surface area contributed by atoms with Crippen molar-refractivity contribution in [2.45, 2.75) is 32.7 Å². The molecular formula is C20H25N3O3. The van der Waals surface area contributed by atoms with Crippen molar-refractivity contribution in [3.63, 3.8) is 0 Å². The van der Waals surface area contributed by atoms with Gasteiger partial charge in [0.1, 0.15) is 5.56 Å². The highest BCUT2D eigenvalue weighted by molar-refractivity contribution is 6.05. The van der Waals surface area contributed by atoms with E-state index in [1.54, 1.807) is 20.0 Å². The van der Waals surface area contributed by atoms with Crippen molar-refractivity contribution >= 4 is 28.5 Å². The third kappa shape index (κ3) is 3.49. The predicted octanol–water partition coefficient (Wildman–Crippen LogP) is 2.86. The van der Waals surface area contributed by atoms with Gasteiger partial charge in [-0.15, -0.1) is 0 Å². The molecule has 1 aromatic carbocycles. The average Bonchev–Trinajstić information content (AvgIpc) is 2.66. The van der Waals surface area contributed by atoms with Crippen LogP contribution < -0.4 is 4.90 Å². The number of rotatable bonds is 4. The second-order valence-electron chi connectivity index (χ2n) is 6.61. The maximum absolute atomic E-state index is 12.5. The fraction of sp³-hybridized carbons (Fsp3) is 0.450. The van der Waals surface area contributed by atoms with E-state index in [1.165, 1.54) is 0 Å². The molecule has 1 amide bonds. The van der Waals surface area contributed by atoms with Gasteiger partial charge in [-0.05, 0) is 25.8 Å². The molecule has 1 saturated heterocycles. The molecule has 0 spiro atoms. The zero-order valence-corrected chi connectivity index (χ0v) is 15.6. The van der Waals surface area contributed by atoms with Crippen LogP contribution in [-0.2, 0) is 9.53 Å². The number of carbonyl (C=O) groups excluding carboxylic acids is 2. The van der Waals surface area contributed by atoms with Crippen LogP contribution in [0, 0.1) is 0 Å². The standard InChI is InChI=1S/C20H25N3O3/c1-4-26-20(25)17-13-21-18-8-6-5-7-16(18)19(17)23-11-9-15(10-12-23)22(3)14(2)24/h5-8,13,15H,4,9-12H2,1-3H3. The summed E-state index contributed by atoms with van der Waals surface area (Å²) >= 11 is 0. The molecule has 1 aliphatic rings. The number of pyridine rings is 1. The summed E-state index contributed by atoms with van der Waals surface area (Å²) in [5.74, 6) is -0.256. The molecule has 1 fully saturated rings. The summed E-state index contributed by atoms with van der Waals surface area (Å²) in [7, 11) is 1.86. The number of ether oxygens (including phenoxy) is 1. The molecule has 1 aliphatic heterocycles. The van der Waals surface area contributed by atoms with E-state index in [1.807, 2.05) is 36.2 Å². The van der Waals surface area contributed by atoms with E-state index in [-0.39, 0.29) is 17.9 Å². The van der Waals surface area contributed by atoms with Gasteiger partial charge >= 0.3 is 5.97 Å². The van der Waals surface area contributed by atoms with Crippen molar-refractivity contribution in [3.8, 4) is 0 Å². The van der Waals surface area contributed by atoms with E-state index in [2.05, 4.69) is 9.88 Å². The lowest BCUT2D eigenvalue weighted by Gasteiger charge is -2.38. The van der Waals surface area contributed by atoms with Crippen molar-refractivity contribution in [3.05, 3.63) is 36.0 Å². The van der Waals surface area contributed by atoms with Gasteiger partial charge < -0.3 is 14.5 Å². The first-order valence-electron chi connectivity index (χ1n) is 9.06. The van der Waals surface area contributed by atoms with E-state index >= 15 is 0 Å². The lowest BCUT2D eigenvalue weighted by atomic mass is 10.0. The van der Waals surface area contributed by atoms with Crippen LogP contribution in [0.25, 0.3) is 10.9 Å². The molecule has 0 bridgehead atoms. The molecule has 0 N–H and O–H groups in total. The highest BCUT2D eigenvalue weighted by Crippen LogP contribution is 2.32. The van der Waals surface area contributed by atoms with Gasteiger partial charge in [-0.2, -0.15) is 0 Å². The topological polar surface area (TPSA) is 62.7 Å². The van der Waals surface area contributed by atoms with Gasteiger partial charge in [0.2, 0.25) is 5.91 Å². The van der Waals surface area contributed by atoms with Gasteiger partial charge in [-0.3, -0.25) is 9.78 Å². The van der Waals surface area contributed by atoms with Gasteiger partial charge in [-0.1, -0.05) is 18.2 Å². The molecule has 0 radical (unpaired) electrons. The van der Waals surface area contributed by atoms with Gasteiger partial charge in [0, 0.05) is 44.7 Å². The van der Waals surface area contributed by atoms with E-state index in [0.717, 1.165) is 42.5 Å². The molecule has 0 aliphatic carbocycles. The van der Waals surface area contributed by atoms with Crippen LogP contribution in [0.4, 0.5) is 5.69 Å². The number of esters is 1. The normalized spacial score (nSPS) is 15.1. The molecule has 6 heteroatoms. The molecule has 3 rings (SSSR count). The molecule has 6 nitrogen and oxygen atoms in total. The molecule has 2 heterocycles. The van der Waals surface area contributed by atoms with Crippen LogP contribution in [-0.4, -0.2) is 54.5 Å². The number of benzene rings is 1. The molecule has 2 aromatic rings. The highest BCUT2D eigenvalue weighted by Gasteiger charge is 2.28. The minimum absolute atomic E-state index is 0.0880. The summed E-state index contributed by atoms with van der Waals surface area (Å²) in [5, 5.41) is 0.955. The Morgan fingerprint density at radius 3 is 2.62 bits per heavy atom. The van der Waals surface area contributed by atoms with Crippen LogP contribution in [0.3, 0.4) is 0 Å². The largest absolute Gasteiger partial charge is 0.462 e. The summed E-state index contributed by atoms with van der Waals surface area (Å²) < 4.78 is 5.24. The van der Waals surface area contributed by atoms with Crippen molar-refractivity contribution in [1.82, 2.24) is 9.88 Å². The average molecular weight is 355 g/mol. The first kappa shape index (κ1) is 18.2. The Labute approximate surface area is 153 Å². The fourth-order valence-corrected chi connectivity index (χ4v) is 3.56. The van der Waals surface area contributed by atoms with Gasteiger partial charge in [-0.25, -0.2) is 4.79 Å². The first-order valence-corrected chi connectivity index (χ1v) is 9.06. The van der Waals surface area contributed by atoms with Gasteiger partial charge in [0.05, 0.1) is 17.8 Å². The van der Waals surface area contributed by atoms with Crippen LogP contribution in [0.2, 0.25) is 0 Å². The smallest absolute Gasteiger partial charge is 0.341 e. The van der Waals surface area contributed by atoms with Crippen molar-refractivity contribution in [1.29, 1.82) is 0 Å². The van der Waals surface area contributed by atoms with Crippen LogP contribution >= 0.6 is 0 Å². The Morgan fingerprint density at radius 2 is 1.96 bits per heavy atom. The van der Waals surface area contributed by atoms with E-state index in [4.69, 9.17) is 4.74 Å². The predicted molar refractivity (Wildman–Crippen MR) is 101 cm³/mol. The summed E-state index contributed by atoms with van der Waals surface area (Å²) in [6.45, 7) is 5.29. The summed E-state index contributed by atoms with van der Waals surface area (Å²) in [6, 6.07) is 8.08. The number of piperidine rings is 1. The number of nitrogens with zero attached hydrogens (tertiary/aromatic N) is 3. The van der Waals surface area contributed by atoms with E-state index in [9.17, 15) is 9.59 Å². The van der Waals surface area contributed by atoms with Crippen LogP contribution in [0.1, 0.15) is 37.0 Å². The first-order chi connectivity index (χ1) is 12.5. The third-order valence-electron chi connectivity index (χ3n) is 5.07. The number of fused-ring (bicyclic) bond motifs is 1. The number of carbonyl (C=O) groups is 2. The second-order valence-corrected chi connectivity index (χ2v) is 6.61. The summed E-state index contributed by atoms with van der Waals surface area (Å²) in [5.41, 5.74) is 2.25. The Morgan fingerprint density at radius 1 is 1.27 bits per heavy atom. The second kappa shape index (κ2) is 7.72. The number of amides is 1. The summed E-state index contributed by atoms with van der Waals surface area (Å²) in [4.78, 5) is 32.6. The molecule has 138 valence electrons. The fourth-order valence-electron chi connectivity index (χ4n) is 3.56. The number of hydrogen-bond acceptors (Lipinski definition) is 5. The van der Waals surface area contributed by atoms with Crippen LogP contribution in [0.15, 0.2) is 30.5 Å². The van der Waals surface area contributed by atoms with Crippen molar-refractivity contribution < 1.29 is 14.3 Å². The van der Waals surface area contributed by atoms with Crippen molar-refractivity contribution in [2.75, 3.05) is 31.6 Å². The minimum Gasteiger partial charge on any atom is -0.462 e. The number of para-hydroxylation sites is 1. The Kier molecular flexibility index (Phi) is 5.40. The molecule has 1 aromatic heterocycles. The number of anilines is 1. The van der Waals surface area contributed by atoms with Crippen LogP contribution in [0.5, 0.6) is 0 Å². The number of hydrogen-bond donors (Lipinski definition) is 0. The zero-order chi connectivity index (χ0) is 18.7. The van der Waals surface area contributed by atoms with Crippen molar-refractivity contribution in [2.24, 2.45) is 0 Å². The van der Waals surface area contributed by atoms with E-state index in [0.29, 0.717) is 12.2 Å². The highest BCUT2D eigenvalue weighted by atomic mass is 16.5. The summed E-state index contributed by atoms with van der Waals surface area (Å²) in [6.07, 6.45) is 3.35. The lowest BCUT2D eigenvalue weighted by Crippen LogP contribution is -2.45. The number of aromatic nitrogens is 1. The maximum Gasteiger partial charge on any atom is 0.341 e. The molecule has 0 atom stereocenters. The quantitative estimate of drug-likeness (QED) is 0.789. The molecular weight excluding hydrogens is 330 g/mol. The SMILES string of the molecule is CCOC(=O)c1cnc2ccccc2c1N1CCC(N(C)C(C)=O)CC1. The lowest BCUT2D eigenvalue weighted by molar-refractivity contribution is -0.129. The maximum atomic E-state index is 12.5. The Bertz CT molecular complexity index is 813. The minimum atomic E-state index is -0.344.